The lowest BCUT2D eigenvalue weighted by atomic mass is 10.1. The number of nitrogens with one attached hydrogen (secondary N) is 1. The van der Waals surface area contributed by atoms with Crippen molar-refractivity contribution in [2.75, 3.05) is 13.3 Å². The lowest BCUT2D eigenvalue weighted by Crippen LogP contribution is -2.50. The van der Waals surface area contributed by atoms with Gasteiger partial charge < -0.3 is 15.0 Å². The molecular weight excluding hydrogens is 240 g/mol. The van der Waals surface area contributed by atoms with Gasteiger partial charge in [-0.2, -0.15) is 0 Å². The Balaban J connectivity index is 2.44. The highest BCUT2D eigenvalue weighted by Gasteiger charge is 2.24. The normalized spacial score (nSPS) is 11.0. The molecule has 1 rings (SSSR count). The van der Waals surface area contributed by atoms with Crippen LogP contribution in [0, 0.1) is 6.92 Å². The second-order valence-corrected chi connectivity index (χ2v) is 5.50. The molecule has 4 heteroatoms. The van der Waals surface area contributed by atoms with E-state index < -0.39 is 0 Å². The first kappa shape index (κ1) is 15.3. The molecule has 0 aliphatic rings. The van der Waals surface area contributed by atoms with Gasteiger partial charge in [-0.1, -0.05) is 17.7 Å². The number of urea groups is 1. The molecular formula is C15H24N2O2. The molecule has 1 aromatic rings. The summed E-state index contributed by atoms with van der Waals surface area (Å²) in [6.07, 6.45) is 0. The Morgan fingerprint density at radius 3 is 2.32 bits per heavy atom. The predicted octanol–water partition coefficient (Wildman–Crippen LogP) is 3.16. The van der Waals surface area contributed by atoms with Gasteiger partial charge in [-0.3, -0.25) is 0 Å². The number of aryl methyl sites for hydroxylation is 1. The quantitative estimate of drug-likeness (QED) is 0.849. The summed E-state index contributed by atoms with van der Waals surface area (Å²) in [7, 11) is 0. The van der Waals surface area contributed by atoms with Crippen LogP contribution < -0.4 is 10.1 Å². The Morgan fingerprint density at radius 2 is 1.84 bits per heavy atom. The van der Waals surface area contributed by atoms with Crippen LogP contribution in [0.3, 0.4) is 0 Å². The van der Waals surface area contributed by atoms with E-state index in [1.807, 2.05) is 58.9 Å². The maximum Gasteiger partial charge on any atom is 0.320 e. The smallest absolute Gasteiger partial charge is 0.320 e. The minimum Gasteiger partial charge on any atom is -0.473 e. The maximum absolute atomic E-state index is 12.0. The Labute approximate surface area is 115 Å². The lowest BCUT2D eigenvalue weighted by Gasteiger charge is -2.34. The average molecular weight is 264 g/mol. The van der Waals surface area contributed by atoms with Crippen molar-refractivity contribution in [1.82, 2.24) is 10.2 Å². The fraction of sp³-hybridized carbons (Fsp3) is 0.533. The summed E-state index contributed by atoms with van der Waals surface area (Å²) >= 11 is 0. The van der Waals surface area contributed by atoms with E-state index in [0.29, 0.717) is 6.54 Å². The minimum absolute atomic E-state index is 0.109. The molecule has 4 nitrogen and oxygen atoms in total. The molecule has 0 spiro atoms. The molecule has 0 aromatic heterocycles. The van der Waals surface area contributed by atoms with Crippen molar-refractivity contribution in [2.45, 2.75) is 40.2 Å². The van der Waals surface area contributed by atoms with Crippen LogP contribution in [0.2, 0.25) is 0 Å². The van der Waals surface area contributed by atoms with Gasteiger partial charge in [-0.15, -0.1) is 0 Å². The van der Waals surface area contributed by atoms with Crippen LogP contribution in [0.15, 0.2) is 24.3 Å². The van der Waals surface area contributed by atoms with Crippen LogP contribution >= 0.6 is 0 Å². The van der Waals surface area contributed by atoms with E-state index >= 15 is 0 Å². The minimum atomic E-state index is -0.192. The molecule has 1 aromatic carbocycles. The first-order chi connectivity index (χ1) is 8.84. The topological polar surface area (TPSA) is 41.6 Å². The zero-order chi connectivity index (χ0) is 14.5. The molecule has 0 atom stereocenters. The molecule has 0 fully saturated rings. The van der Waals surface area contributed by atoms with Crippen LogP contribution in [-0.2, 0) is 0 Å². The fourth-order valence-corrected chi connectivity index (χ4v) is 1.83. The van der Waals surface area contributed by atoms with E-state index in [9.17, 15) is 4.79 Å². The summed E-state index contributed by atoms with van der Waals surface area (Å²) in [6, 6.07) is 7.63. The fourth-order valence-electron chi connectivity index (χ4n) is 1.83. The number of nitrogens with zero attached hydrogens (tertiary/aromatic N) is 1. The standard InChI is InChI=1S/C15H24N2O2/c1-6-17(15(3,4)5)14(18)16-11-19-13-9-7-12(2)8-10-13/h7-10H,6,11H2,1-5H3,(H,16,18). The van der Waals surface area contributed by atoms with Gasteiger partial charge in [0.1, 0.15) is 5.75 Å². The number of carbonyl (C=O) groups is 1. The van der Waals surface area contributed by atoms with Crippen molar-refractivity contribution in [3.05, 3.63) is 29.8 Å². The molecule has 0 unspecified atom stereocenters. The van der Waals surface area contributed by atoms with E-state index in [0.717, 1.165) is 5.75 Å². The SMILES string of the molecule is CCN(C(=O)NCOc1ccc(C)cc1)C(C)(C)C. The molecule has 0 aliphatic heterocycles. The Kier molecular flexibility index (Phi) is 5.21. The zero-order valence-electron chi connectivity index (χ0n) is 12.5. The summed E-state index contributed by atoms with van der Waals surface area (Å²) in [5.41, 5.74) is 0.990. The summed E-state index contributed by atoms with van der Waals surface area (Å²) in [4.78, 5) is 13.8. The van der Waals surface area contributed by atoms with E-state index in [4.69, 9.17) is 4.74 Å². The number of rotatable bonds is 4. The van der Waals surface area contributed by atoms with Crippen LogP contribution in [0.25, 0.3) is 0 Å². The summed E-state index contributed by atoms with van der Waals surface area (Å²) in [5, 5.41) is 2.77. The number of ether oxygens (including phenoxy) is 1. The second-order valence-electron chi connectivity index (χ2n) is 5.50. The van der Waals surface area contributed by atoms with E-state index in [1.54, 1.807) is 4.90 Å². The highest BCUT2D eigenvalue weighted by Crippen LogP contribution is 2.13. The molecule has 2 amide bonds. The number of amides is 2. The molecule has 0 bridgehead atoms. The van der Waals surface area contributed by atoms with Crippen LogP contribution in [0.5, 0.6) is 5.75 Å². The molecule has 0 saturated carbocycles. The average Bonchev–Trinajstić information content (AvgIpc) is 2.30. The van der Waals surface area contributed by atoms with Crippen LogP contribution in [0.1, 0.15) is 33.3 Å². The molecule has 0 heterocycles. The third kappa shape index (κ3) is 4.81. The second kappa shape index (κ2) is 6.45. The number of carbonyl (C=O) groups excluding carboxylic acids is 1. The highest BCUT2D eigenvalue weighted by atomic mass is 16.5. The van der Waals surface area contributed by atoms with E-state index in [-0.39, 0.29) is 18.3 Å². The monoisotopic (exact) mass is 264 g/mol. The molecule has 0 saturated heterocycles. The van der Waals surface area contributed by atoms with Crippen molar-refractivity contribution in [1.29, 1.82) is 0 Å². The zero-order valence-corrected chi connectivity index (χ0v) is 12.5. The number of hydrogen-bond donors (Lipinski definition) is 1. The Morgan fingerprint density at radius 1 is 1.26 bits per heavy atom. The Bertz CT molecular complexity index is 407. The predicted molar refractivity (Wildman–Crippen MR) is 77.3 cm³/mol. The van der Waals surface area contributed by atoms with Gasteiger partial charge in [0.25, 0.3) is 0 Å². The molecule has 0 radical (unpaired) electrons. The Hall–Kier alpha value is -1.71. The van der Waals surface area contributed by atoms with Gasteiger partial charge >= 0.3 is 6.03 Å². The van der Waals surface area contributed by atoms with E-state index in [2.05, 4.69) is 5.32 Å². The van der Waals surface area contributed by atoms with Gasteiger partial charge in [-0.05, 0) is 46.8 Å². The largest absolute Gasteiger partial charge is 0.473 e. The van der Waals surface area contributed by atoms with Gasteiger partial charge in [0.2, 0.25) is 0 Å². The van der Waals surface area contributed by atoms with Gasteiger partial charge in [0.15, 0.2) is 6.73 Å². The molecule has 106 valence electrons. The van der Waals surface area contributed by atoms with Gasteiger partial charge in [-0.25, -0.2) is 4.79 Å². The maximum atomic E-state index is 12.0. The summed E-state index contributed by atoms with van der Waals surface area (Å²) in [6.45, 7) is 10.9. The third-order valence-corrected chi connectivity index (χ3v) is 2.85. The summed E-state index contributed by atoms with van der Waals surface area (Å²) in [5.74, 6) is 0.754. The van der Waals surface area contributed by atoms with Crippen molar-refractivity contribution < 1.29 is 9.53 Å². The molecule has 0 aliphatic carbocycles. The highest BCUT2D eigenvalue weighted by molar-refractivity contribution is 5.74. The number of hydrogen-bond acceptors (Lipinski definition) is 2. The number of benzene rings is 1. The van der Waals surface area contributed by atoms with E-state index in [1.165, 1.54) is 5.56 Å². The van der Waals surface area contributed by atoms with Crippen molar-refractivity contribution in [3.63, 3.8) is 0 Å². The van der Waals surface area contributed by atoms with Gasteiger partial charge in [0.05, 0.1) is 0 Å². The van der Waals surface area contributed by atoms with Crippen molar-refractivity contribution in [2.24, 2.45) is 0 Å². The first-order valence-electron chi connectivity index (χ1n) is 6.59. The van der Waals surface area contributed by atoms with Crippen LogP contribution in [0.4, 0.5) is 4.79 Å². The first-order valence-corrected chi connectivity index (χ1v) is 6.59. The van der Waals surface area contributed by atoms with Crippen molar-refractivity contribution in [3.8, 4) is 5.75 Å². The molecule has 1 N–H and O–H groups in total. The third-order valence-electron chi connectivity index (χ3n) is 2.85. The molecule has 19 heavy (non-hydrogen) atoms. The summed E-state index contributed by atoms with van der Waals surface area (Å²) < 4.78 is 5.48. The van der Waals surface area contributed by atoms with Crippen molar-refractivity contribution >= 4 is 6.03 Å². The lowest BCUT2D eigenvalue weighted by molar-refractivity contribution is 0.141. The van der Waals surface area contributed by atoms with Crippen LogP contribution in [-0.4, -0.2) is 29.7 Å². The van der Waals surface area contributed by atoms with Gasteiger partial charge in [0, 0.05) is 12.1 Å².